The topological polar surface area (TPSA) is 103 Å². The highest BCUT2D eigenvalue weighted by atomic mass is 35.5. The van der Waals surface area contributed by atoms with E-state index in [0.29, 0.717) is 33.3 Å². The van der Waals surface area contributed by atoms with Crippen molar-refractivity contribution in [3.63, 3.8) is 0 Å². The number of nitrogens with one attached hydrogen (secondary N) is 1. The summed E-state index contributed by atoms with van der Waals surface area (Å²) in [6.45, 7) is 4.18. The normalized spacial score (nSPS) is 10.6. The van der Waals surface area contributed by atoms with Gasteiger partial charge < -0.3 is 5.32 Å². The zero-order chi connectivity index (χ0) is 21.7. The predicted octanol–water partition coefficient (Wildman–Crippen LogP) is 5.08. The largest absolute Gasteiger partial charge is 0.325 e. The third kappa shape index (κ3) is 5.18. The van der Waals surface area contributed by atoms with E-state index < -0.39 is 4.92 Å². The van der Waals surface area contributed by atoms with Crippen LogP contribution < -0.4 is 5.32 Å². The molecule has 0 fully saturated rings. The van der Waals surface area contributed by atoms with Crippen molar-refractivity contribution >= 4 is 52.2 Å². The van der Waals surface area contributed by atoms with Gasteiger partial charge in [0.15, 0.2) is 11.0 Å². The minimum Gasteiger partial charge on any atom is -0.325 e. The number of nitrogens with zero attached hydrogens (tertiary/aromatic N) is 4. The summed E-state index contributed by atoms with van der Waals surface area (Å²) in [5.41, 5.74) is 0.975. The summed E-state index contributed by atoms with van der Waals surface area (Å²) in [6, 6.07) is 10.9. The van der Waals surface area contributed by atoms with E-state index in [4.69, 9.17) is 23.2 Å². The Labute approximate surface area is 186 Å². The molecule has 2 aromatic carbocycles. The van der Waals surface area contributed by atoms with Crippen LogP contribution in [0, 0.1) is 10.1 Å². The summed E-state index contributed by atoms with van der Waals surface area (Å²) in [6.07, 6.45) is 1.69. The maximum Gasteiger partial charge on any atom is 0.271 e. The van der Waals surface area contributed by atoms with Crippen molar-refractivity contribution in [3.05, 3.63) is 75.3 Å². The fourth-order valence-corrected chi connectivity index (χ4v) is 3.61. The zero-order valence-corrected chi connectivity index (χ0v) is 17.7. The smallest absolute Gasteiger partial charge is 0.271 e. The molecule has 0 aliphatic heterocycles. The SMILES string of the molecule is C=CCn1c(SCC(=O)Nc2cccc([N+](=O)[O-])c2)nnc1-c1ccc(Cl)c(Cl)c1. The molecule has 1 N–H and O–H groups in total. The van der Waals surface area contributed by atoms with Crippen LogP contribution in [-0.2, 0) is 11.3 Å². The average Bonchev–Trinajstić information content (AvgIpc) is 3.11. The van der Waals surface area contributed by atoms with Gasteiger partial charge in [-0.2, -0.15) is 0 Å². The van der Waals surface area contributed by atoms with E-state index >= 15 is 0 Å². The van der Waals surface area contributed by atoms with E-state index in [9.17, 15) is 14.9 Å². The molecule has 0 atom stereocenters. The standard InChI is InChI=1S/C19H15Cl2N5O3S/c1-2-8-25-18(12-6-7-15(20)16(21)9-12)23-24-19(25)30-11-17(27)22-13-4-3-5-14(10-13)26(28)29/h2-7,9-10H,1,8,11H2,(H,22,27). The highest BCUT2D eigenvalue weighted by molar-refractivity contribution is 7.99. The number of benzene rings is 2. The van der Waals surface area contributed by atoms with E-state index in [-0.39, 0.29) is 17.3 Å². The van der Waals surface area contributed by atoms with Gasteiger partial charge >= 0.3 is 0 Å². The van der Waals surface area contributed by atoms with Crippen LogP contribution in [0.1, 0.15) is 0 Å². The third-order valence-corrected chi connectivity index (χ3v) is 5.59. The Bertz CT molecular complexity index is 1120. The number of nitro groups is 1. The molecule has 3 rings (SSSR count). The molecule has 0 radical (unpaired) electrons. The monoisotopic (exact) mass is 463 g/mol. The first-order valence-electron chi connectivity index (χ1n) is 8.55. The van der Waals surface area contributed by atoms with Crippen LogP contribution in [-0.4, -0.2) is 31.3 Å². The van der Waals surface area contributed by atoms with Gasteiger partial charge in [0.1, 0.15) is 0 Å². The number of anilines is 1. The van der Waals surface area contributed by atoms with Crippen LogP contribution in [0.4, 0.5) is 11.4 Å². The molecule has 0 aliphatic rings. The van der Waals surface area contributed by atoms with Crippen molar-refractivity contribution in [1.29, 1.82) is 0 Å². The molecule has 0 aliphatic carbocycles. The van der Waals surface area contributed by atoms with Crippen LogP contribution in [0.25, 0.3) is 11.4 Å². The van der Waals surface area contributed by atoms with E-state index in [1.54, 1.807) is 34.9 Å². The van der Waals surface area contributed by atoms with Gasteiger partial charge in [-0.1, -0.05) is 47.1 Å². The third-order valence-electron chi connectivity index (χ3n) is 3.88. The Balaban J connectivity index is 1.73. The summed E-state index contributed by atoms with van der Waals surface area (Å²) in [5, 5.41) is 23.2. The maximum absolute atomic E-state index is 12.3. The number of carbonyl (C=O) groups is 1. The molecule has 11 heteroatoms. The molecule has 3 aromatic rings. The number of amides is 1. The van der Waals surface area contributed by atoms with E-state index in [1.807, 2.05) is 0 Å². The quantitative estimate of drug-likeness (QED) is 0.216. The molecule has 30 heavy (non-hydrogen) atoms. The summed E-state index contributed by atoms with van der Waals surface area (Å²) in [5.74, 6) is 0.277. The Kier molecular flexibility index (Phi) is 7.09. The van der Waals surface area contributed by atoms with Crippen LogP contribution in [0.3, 0.4) is 0 Å². The number of rotatable bonds is 8. The Morgan fingerprint density at radius 3 is 2.73 bits per heavy atom. The second-order valence-corrected chi connectivity index (χ2v) is 7.74. The Morgan fingerprint density at radius 1 is 1.23 bits per heavy atom. The summed E-state index contributed by atoms with van der Waals surface area (Å²) in [4.78, 5) is 22.6. The van der Waals surface area contributed by atoms with Gasteiger partial charge in [-0.25, -0.2) is 0 Å². The molecule has 1 amide bonds. The first-order valence-corrected chi connectivity index (χ1v) is 10.3. The number of hydrogen-bond donors (Lipinski definition) is 1. The molecular formula is C19H15Cl2N5O3S. The fourth-order valence-electron chi connectivity index (χ4n) is 2.56. The molecular weight excluding hydrogens is 449 g/mol. The van der Waals surface area contributed by atoms with E-state index in [1.165, 1.54) is 30.0 Å². The lowest BCUT2D eigenvalue weighted by atomic mass is 10.2. The fraction of sp³-hybridized carbons (Fsp3) is 0.105. The molecule has 0 bridgehead atoms. The molecule has 0 unspecified atom stereocenters. The van der Waals surface area contributed by atoms with Crippen LogP contribution in [0.5, 0.6) is 0 Å². The van der Waals surface area contributed by atoms with E-state index in [2.05, 4.69) is 22.1 Å². The number of halogens is 2. The van der Waals surface area contributed by atoms with Crippen LogP contribution >= 0.6 is 35.0 Å². The minimum atomic E-state index is -0.521. The zero-order valence-electron chi connectivity index (χ0n) is 15.4. The van der Waals surface area contributed by atoms with Gasteiger partial charge in [0.2, 0.25) is 5.91 Å². The van der Waals surface area contributed by atoms with Gasteiger partial charge in [-0.05, 0) is 24.3 Å². The lowest BCUT2D eigenvalue weighted by molar-refractivity contribution is -0.384. The first kappa shape index (κ1) is 21.8. The lowest BCUT2D eigenvalue weighted by Gasteiger charge is -2.09. The summed E-state index contributed by atoms with van der Waals surface area (Å²) in [7, 11) is 0. The number of nitro benzene ring substituents is 1. The van der Waals surface area contributed by atoms with Gasteiger partial charge in [0.05, 0.1) is 20.7 Å². The Morgan fingerprint density at radius 2 is 2.03 bits per heavy atom. The molecule has 8 nitrogen and oxygen atoms in total. The number of hydrogen-bond acceptors (Lipinski definition) is 6. The highest BCUT2D eigenvalue weighted by Gasteiger charge is 2.16. The maximum atomic E-state index is 12.3. The molecule has 154 valence electrons. The first-order chi connectivity index (χ1) is 14.4. The van der Waals surface area contributed by atoms with Gasteiger partial charge in [-0.15, -0.1) is 16.8 Å². The van der Waals surface area contributed by atoms with Crippen molar-refractivity contribution in [1.82, 2.24) is 14.8 Å². The summed E-state index contributed by atoms with van der Waals surface area (Å²) < 4.78 is 1.80. The predicted molar refractivity (Wildman–Crippen MR) is 118 cm³/mol. The molecule has 0 saturated carbocycles. The number of carbonyl (C=O) groups excluding carboxylic acids is 1. The summed E-state index contributed by atoms with van der Waals surface area (Å²) >= 11 is 13.3. The lowest BCUT2D eigenvalue weighted by Crippen LogP contribution is -2.14. The molecule has 1 aromatic heterocycles. The van der Waals surface area contributed by atoms with Crippen LogP contribution in [0.15, 0.2) is 60.3 Å². The number of aromatic nitrogens is 3. The minimum absolute atomic E-state index is 0.0410. The number of thioether (sulfide) groups is 1. The second-order valence-electron chi connectivity index (χ2n) is 5.98. The second kappa shape index (κ2) is 9.75. The van der Waals surface area contributed by atoms with Crippen molar-refractivity contribution < 1.29 is 9.72 Å². The van der Waals surface area contributed by atoms with Gasteiger partial charge in [0, 0.05) is 29.9 Å². The van der Waals surface area contributed by atoms with Crippen molar-refractivity contribution in [2.45, 2.75) is 11.7 Å². The van der Waals surface area contributed by atoms with Crippen molar-refractivity contribution in [2.24, 2.45) is 0 Å². The average molecular weight is 464 g/mol. The number of allylic oxidation sites excluding steroid dienone is 1. The van der Waals surface area contributed by atoms with Crippen molar-refractivity contribution in [2.75, 3.05) is 11.1 Å². The van der Waals surface area contributed by atoms with Gasteiger partial charge in [0.25, 0.3) is 5.69 Å². The Hall–Kier alpha value is -2.88. The van der Waals surface area contributed by atoms with Crippen molar-refractivity contribution in [3.8, 4) is 11.4 Å². The van der Waals surface area contributed by atoms with E-state index in [0.717, 1.165) is 5.56 Å². The molecule has 0 saturated heterocycles. The molecule has 1 heterocycles. The number of non-ortho nitro benzene ring substituents is 1. The molecule has 0 spiro atoms. The van der Waals surface area contributed by atoms with Crippen LogP contribution in [0.2, 0.25) is 10.0 Å². The highest BCUT2D eigenvalue weighted by Crippen LogP contribution is 2.30. The van der Waals surface area contributed by atoms with Gasteiger partial charge in [-0.3, -0.25) is 19.5 Å².